The molecule has 1 amide bonds. The number of rotatable bonds is 2. The van der Waals surface area contributed by atoms with Crippen LogP contribution in [0.15, 0.2) is 5.16 Å². The van der Waals surface area contributed by atoms with Crippen LogP contribution in [-0.2, 0) is 9.53 Å². The Balaban J connectivity index is 2.86. The third-order valence-corrected chi connectivity index (χ3v) is 2.25. The van der Waals surface area contributed by atoms with Crippen LogP contribution in [0.4, 0.5) is 0 Å². The number of hydrogen-bond acceptors (Lipinski definition) is 7. The second-order valence-electron chi connectivity index (χ2n) is 3.44. The van der Waals surface area contributed by atoms with Crippen LogP contribution in [0.3, 0.4) is 0 Å². The van der Waals surface area contributed by atoms with Crippen molar-refractivity contribution in [3.8, 4) is 0 Å². The van der Waals surface area contributed by atoms with E-state index in [1.165, 1.54) is 6.92 Å². The van der Waals surface area contributed by atoms with E-state index in [1.807, 2.05) is 0 Å². The summed E-state index contributed by atoms with van der Waals surface area (Å²) in [5.74, 6) is -0.838. The molecule has 0 aromatic rings. The summed E-state index contributed by atoms with van der Waals surface area (Å²) >= 11 is 0. The van der Waals surface area contributed by atoms with Crippen molar-refractivity contribution >= 4 is 11.8 Å². The number of oxime groups is 1. The average Bonchev–Trinajstić information content (AvgIpc) is 2.25. The van der Waals surface area contributed by atoms with Gasteiger partial charge in [0.25, 0.3) is 5.90 Å². The van der Waals surface area contributed by atoms with E-state index >= 15 is 0 Å². The number of amides is 1. The van der Waals surface area contributed by atoms with Crippen LogP contribution in [0.25, 0.3) is 0 Å². The Morgan fingerprint density at radius 1 is 1.50 bits per heavy atom. The van der Waals surface area contributed by atoms with Crippen molar-refractivity contribution in [3.05, 3.63) is 0 Å². The maximum atomic E-state index is 10.8. The Morgan fingerprint density at radius 2 is 2.12 bits per heavy atom. The highest BCUT2D eigenvalue weighted by Crippen LogP contribution is 2.17. The molecule has 4 atom stereocenters. The number of carbonyl (C=O) groups excluding carboxylic acids is 1. The Kier molecular flexibility index (Phi) is 4.05. The SMILES string of the molecule is CC(=O)NC1/C(=N\O)OC(CO)[C@@H](O)C1O. The van der Waals surface area contributed by atoms with Gasteiger partial charge in [-0.3, -0.25) is 4.79 Å². The van der Waals surface area contributed by atoms with Crippen molar-refractivity contribution in [1.82, 2.24) is 5.32 Å². The van der Waals surface area contributed by atoms with Gasteiger partial charge >= 0.3 is 0 Å². The molecule has 0 spiro atoms. The minimum absolute atomic E-state index is 0.355. The lowest BCUT2D eigenvalue weighted by molar-refractivity contribution is -0.126. The zero-order valence-corrected chi connectivity index (χ0v) is 8.57. The molecule has 8 nitrogen and oxygen atoms in total. The highest BCUT2D eigenvalue weighted by atomic mass is 16.6. The van der Waals surface area contributed by atoms with Crippen molar-refractivity contribution in [3.63, 3.8) is 0 Å². The molecule has 1 aliphatic heterocycles. The van der Waals surface area contributed by atoms with Gasteiger partial charge in [-0.15, -0.1) is 0 Å². The molecule has 0 aliphatic carbocycles. The minimum atomic E-state index is -1.42. The number of hydrogen-bond donors (Lipinski definition) is 5. The van der Waals surface area contributed by atoms with Crippen LogP contribution in [0, 0.1) is 0 Å². The molecule has 92 valence electrons. The van der Waals surface area contributed by atoms with Gasteiger partial charge in [-0.25, -0.2) is 0 Å². The maximum Gasteiger partial charge on any atom is 0.251 e. The van der Waals surface area contributed by atoms with E-state index in [1.54, 1.807) is 0 Å². The largest absolute Gasteiger partial charge is 0.468 e. The summed E-state index contributed by atoms with van der Waals surface area (Å²) in [7, 11) is 0. The number of aliphatic hydroxyl groups is 3. The summed E-state index contributed by atoms with van der Waals surface area (Å²) in [6, 6.07) is -1.14. The van der Waals surface area contributed by atoms with Crippen molar-refractivity contribution in [2.24, 2.45) is 5.16 Å². The quantitative estimate of drug-likeness (QED) is 0.263. The first kappa shape index (κ1) is 12.7. The van der Waals surface area contributed by atoms with Crippen LogP contribution in [-0.4, -0.2) is 63.3 Å². The predicted octanol–water partition coefficient (Wildman–Crippen LogP) is -2.61. The van der Waals surface area contributed by atoms with Gasteiger partial charge in [0.2, 0.25) is 5.91 Å². The van der Waals surface area contributed by atoms with Gasteiger partial charge in [0, 0.05) is 6.92 Å². The summed E-state index contributed by atoms with van der Waals surface area (Å²) < 4.78 is 4.91. The third kappa shape index (κ3) is 2.40. The fraction of sp³-hybridized carbons (Fsp3) is 0.750. The third-order valence-electron chi connectivity index (χ3n) is 2.25. The standard InChI is InChI=1S/C8H14N2O6/c1-3(12)9-5-7(14)6(13)4(2-11)16-8(5)10-15/h4-7,11,13-15H,2H2,1H3,(H,9,12)/b10-8+/t4?,5?,6-,7?/m1/s1. The van der Waals surface area contributed by atoms with Crippen LogP contribution in [0.5, 0.6) is 0 Å². The van der Waals surface area contributed by atoms with Gasteiger partial charge in [-0.05, 0) is 0 Å². The van der Waals surface area contributed by atoms with Crippen molar-refractivity contribution in [1.29, 1.82) is 0 Å². The van der Waals surface area contributed by atoms with E-state index in [4.69, 9.17) is 15.1 Å². The molecule has 1 saturated heterocycles. The topological polar surface area (TPSA) is 132 Å². The molecule has 1 aliphatic rings. The molecule has 1 fully saturated rings. The number of aliphatic hydroxyl groups excluding tert-OH is 3. The van der Waals surface area contributed by atoms with Crippen LogP contribution in [0.2, 0.25) is 0 Å². The molecule has 0 bridgehead atoms. The molecule has 8 heteroatoms. The van der Waals surface area contributed by atoms with E-state index in [2.05, 4.69) is 10.5 Å². The molecule has 0 aromatic heterocycles. The normalized spacial score (nSPS) is 36.9. The summed E-state index contributed by atoms with van der Waals surface area (Å²) in [6.45, 7) is 0.649. The van der Waals surface area contributed by atoms with E-state index in [0.717, 1.165) is 0 Å². The highest BCUT2D eigenvalue weighted by Gasteiger charge is 2.43. The average molecular weight is 234 g/mol. The summed E-state index contributed by atoms with van der Waals surface area (Å²) in [4.78, 5) is 10.8. The van der Waals surface area contributed by atoms with Crippen molar-refractivity contribution in [2.45, 2.75) is 31.3 Å². The van der Waals surface area contributed by atoms with E-state index < -0.39 is 36.9 Å². The molecule has 0 aromatic carbocycles. The molecule has 16 heavy (non-hydrogen) atoms. The highest BCUT2D eigenvalue weighted by molar-refractivity contribution is 5.88. The summed E-state index contributed by atoms with van der Waals surface area (Å²) in [5.41, 5.74) is 0. The minimum Gasteiger partial charge on any atom is -0.468 e. The van der Waals surface area contributed by atoms with E-state index in [0.29, 0.717) is 0 Å². The molecule has 1 heterocycles. The zero-order chi connectivity index (χ0) is 12.3. The van der Waals surface area contributed by atoms with Gasteiger partial charge in [0.05, 0.1) is 6.61 Å². The molecule has 0 saturated carbocycles. The summed E-state index contributed by atoms with van der Waals surface area (Å²) in [6.07, 6.45) is -3.89. The van der Waals surface area contributed by atoms with Gasteiger partial charge in [-0.2, -0.15) is 0 Å². The maximum absolute atomic E-state index is 10.8. The molecule has 0 radical (unpaired) electrons. The van der Waals surface area contributed by atoms with Gasteiger partial charge in [0.1, 0.15) is 18.2 Å². The van der Waals surface area contributed by atoms with Gasteiger partial charge in [-0.1, -0.05) is 5.16 Å². The zero-order valence-electron chi connectivity index (χ0n) is 8.57. The Labute approximate surface area is 91.1 Å². The number of ether oxygens (including phenoxy) is 1. The lowest BCUT2D eigenvalue weighted by atomic mass is 9.97. The second kappa shape index (κ2) is 5.10. The number of carbonyl (C=O) groups is 1. The lowest BCUT2D eigenvalue weighted by Gasteiger charge is -2.37. The second-order valence-corrected chi connectivity index (χ2v) is 3.44. The Morgan fingerprint density at radius 3 is 2.56 bits per heavy atom. The number of nitrogens with zero attached hydrogens (tertiary/aromatic N) is 1. The molecule has 5 N–H and O–H groups in total. The molecule has 1 rings (SSSR count). The molecule has 3 unspecified atom stereocenters. The monoisotopic (exact) mass is 234 g/mol. The fourth-order valence-corrected chi connectivity index (χ4v) is 1.46. The van der Waals surface area contributed by atoms with Gasteiger partial charge in [0.15, 0.2) is 6.10 Å². The van der Waals surface area contributed by atoms with E-state index in [-0.39, 0.29) is 5.90 Å². The van der Waals surface area contributed by atoms with Crippen LogP contribution < -0.4 is 5.32 Å². The Bertz CT molecular complexity index is 294. The lowest BCUT2D eigenvalue weighted by Crippen LogP contribution is -2.62. The molecular formula is C8H14N2O6. The number of nitrogens with one attached hydrogen (secondary N) is 1. The van der Waals surface area contributed by atoms with Crippen molar-refractivity contribution < 1.29 is 30.1 Å². The first-order valence-electron chi connectivity index (χ1n) is 4.64. The van der Waals surface area contributed by atoms with Crippen LogP contribution >= 0.6 is 0 Å². The molecular weight excluding hydrogens is 220 g/mol. The van der Waals surface area contributed by atoms with Crippen LogP contribution in [0.1, 0.15) is 6.92 Å². The first-order chi connectivity index (χ1) is 7.51. The fourth-order valence-electron chi connectivity index (χ4n) is 1.46. The summed E-state index contributed by atoms with van der Waals surface area (Å²) in [5, 5.41) is 41.6. The Hall–Kier alpha value is -1.38. The van der Waals surface area contributed by atoms with Crippen molar-refractivity contribution in [2.75, 3.05) is 6.61 Å². The smallest absolute Gasteiger partial charge is 0.251 e. The van der Waals surface area contributed by atoms with E-state index in [9.17, 15) is 15.0 Å². The first-order valence-corrected chi connectivity index (χ1v) is 4.64. The predicted molar refractivity (Wildman–Crippen MR) is 50.8 cm³/mol. The van der Waals surface area contributed by atoms with Gasteiger partial charge < -0.3 is 30.6 Å².